The van der Waals surface area contributed by atoms with Gasteiger partial charge in [-0.25, -0.2) is 0 Å². The summed E-state index contributed by atoms with van der Waals surface area (Å²) in [5.41, 5.74) is 0. The Labute approximate surface area is 59.1 Å². The highest BCUT2D eigenvalue weighted by Crippen LogP contribution is 2.02. The Hall–Kier alpha value is -0.170. The molecule has 0 fully saturated rings. The van der Waals surface area contributed by atoms with Gasteiger partial charge in [0, 0.05) is 5.92 Å². The van der Waals surface area contributed by atoms with Crippen LogP contribution in [0.4, 0.5) is 0 Å². The fraction of sp³-hybridized carbons (Fsp3) is 1.00. The molecule has 0 aliphatic heterocycles. The highest BCUT2D eigenvalue weighted by atomic mass is 32.2. The predicted octanol–water partition coefficient (Wildman–Crippen LogP) is -1.18. The molecule has 0 aliphatic rings. The molecule has 5 nitrogen and oxygen atoms in total. The van der Waals surface area contributed by atoms with Crippen molar-refractivity contribution in [2.24, 2.45) is 5.92 Å². The van der Waals surface area contributed by atoms with Crippen molar-refractivity contribution in [2.75, 3.05) is 5.75 Å². The van der Waals surface area contributed by atoms with E-state index in [1.54, 1.807) is 0 Å². The van der Waals surface area contributed by atoms with Crippen LogP contribution in [0.3, 0.4) is 0 Å². The molecule has 0 saturated carbocycles. The van der Waals surface area contributed by atoms with Gasteiger partial charge in [0.05, 0.1) is 5.75 Å². The zero-order chi connectivity index (χ0) is 8.36. The van der Waals surface area contributed by atoms with Crippen molar-refractivity contribution in [3.63, 3.8) is 0 Å². The number of hydrogen-bond acceptors (Lipinski definition) is 4. The molecule has 0 bridgehead atoms. The molecule has 1 unspecified atom stereocenters. The molecule has 3 N–H and O–H groups in total. The molecule has 0 rings (SSSR count). The molecular formula is C4H10O5S. The van der Waals surface area contributed by atoms with Crippen LogP contribution in [0, 0.1) is 5.92 Å². The number of rotatable bonds is 3. The van der Waals surface area contributed by atoms with Crippen LogP contribution in [0.5, 0.6) is 0 Å². The van der Waals surface area contributed by atoms with Gasteiger partial charge in [0.2, 0.25) is 0 Å². The second-order valence-corrected chi connectivity index (χ2v) is 3.64. The molecule has 0 aromatic heterocycles. The van der Waals surface area contributed by atoms with E-state index in [9.17, 15) is 8.42 Å². The minimum absolute atomic E-state index is 0.634. The lowest BCUT2D eigenvalue weighted by Gasteiger charge is -2.10. The van der Waals surface area contributed by atoms with E-state index in [1.165, 1.54) is 6.92 Å². The van der Waals surface area contributed by atoms with Crippen LogP contribution in [0.15, 0.2) is 0 Å². The lowest BCUT2D eigenvalue weighted by molar-refractivity contribution is -0.0724. The Morgan fingerprint density at radius 3 is 1.90 bits per heavy atom. The Balaban J connectivity index is 3.93. The molecule has 0 aliphatic carbocycles. The normalized spacial score (nSPS) is 15.7. The Kier molecular flexibility index (Phi) is 3.23. The first kappa shape index (κ1) is 9.83. The minimum atomic E-state index is -4.09. The largest absolute Gasteiger partial charge is 0.368 e. The zero-order valence-corrected chi connectivity index (χ0v) is 6.24. The fourth-order valence-electron chi connectivity index (χ4n) is 0.418. The minimum Gasteiger partial charge on any atom is -0.368 e. The molecule has 0 radical (unpaired) electrons. The van der Waals surface area contributed by atoms with Crippen LogP contribution in [-0.4, -0.2) is 35.2 Å². The maximum absolute atomic E-state index is 10.1. The van der Waals surface area contributed by atoms with Crippen LogP contribution in [0.2, 0.25) is 0 Å². The Morgan fingerprint density at radius 1 is 1.40 bits per heavy atom. The standard InChI is InChI=1S/C4H10O5S/c1-3(4(5)6)2-10(7,8)9/h3-6H,2H2,1H3,(H,7,8,9). The summed E-state index contributed by atoms with van der Waals surface area (Å²) in [6, 6.07) is 0. The van der Waals surface area contributed by atoms with Crippen LogP contribution in [-0.2, 0) is 10.1 Å². The summed E-state index contributed by atoms with van der Waals surface area (Å²) in [4.78, 5) is 0. The molecule has 0 spiro atoms. The SMILES string of the molecule is CC(CS(=O)(=O)O)C(O)O. The topological polar surface area (TPSA) is 94.8 Å². The van der Waals surface area contributed by atoms with Crippen molar-refractivity contribution < 1.29 is 23.2 Å². The first-order valence-corrected chi connectivity index (χ1v) is 4.25. The lowest BCUT2D eigenvalue weighted by Crippen LogP contribution is -2.24. The van der Waals surface area contributed by atoms with Crippen molar-refractivity contribution in [1.82, 2.24) is 0 Å². The van der Waals surface area contributed by atoms with E-state index in [1.807, 2.05) is 0 Å². The monoisotopic (exact) mass is 170 g/mol. The van der Waals surface area contributed by atoms with Crippen molar-refractivity contribution >= 4 is 10.1 Å². The summed E-state index contributed by atoms with van der Waals surface area (Å²) in [5.74, 6) is -1.50. The molecule has 0 amide bonds. The molecule has 10 heavy (non-hydrogen) atoms. The van der Waals surface area contributed by atoms with Crippen LogP contribution >= 0.6 is 0 Å². The van der Waals surface area contributed by atoms with Crippen LogP contribution in [0.1, 0.15) is 6.92 Å². The average molecular weight is 170 g/mol. The summed E-state index contributed by atoms with van der Waals surface area (Å²) in [6.07, 6.45) is -1.71. The van der Waals surface area contributed by atoms with E-state index in [4.69, 9.17) is 14.8 Å². The van der Waals surface area contributed by atoms with Crippen molar-refractivity contribution in [3.05, 3.63) is 0 Å². The van der Waals surface area contributed by atoms with E-state index in [2.05, 4.69) is 0 Å². The van der Waals surface area contributed by atoms with Crippen molar-refractivity contribution in [1.29, 1.82) is 0 Å². The average Bonchev–Trinajstić information content (AvgIpc) is 1.60. The second-order valence-electron chi connectivity index (χ2n) is 2.14. The molecule has 0 heterocycles. The zero-order valence-electron chi connectivity index (χ0n) is 5.43. The smallest absolute Gasteiger partial charge is 0.265 e. The third kappa shape index (κ3) is 4.68. The summed E-state index contributed by atoms with van der Waals surface area (Å²) in [6.45, 7) is 1.30. The highest BCUT2D eigenvalue weighted by molar-refractivity contribution is 7.85. The van der Waals surface area contributed by atoms with Gasteiger partial charge in [-0.3, -0.25) is 4.55 Å². The van der Waals surface area contributed by atoms with Gasteiger partial charge in [0.15, 0.2) is 6.29 Å². The maximum atomic E-state index is 10.1. The van der Waals surface area contributed by atoms with E-state index < -0.39 is 28.1 Å². The molecule has 1 atom stereocenters. The third-order valence-corrected chi connectivity index (χ3v) is 1.93. The summed E-state index contributed by atoms with van der Waals surface area (Å²) < 4.78 is 28.3. The van der Waals surface area contributed by atoms with Gasteiger partial charge in [0.1, 0.15) is 0 Å². The Morgan fingerprint density at radius 2 is 1.80 bits per heavy atom. The maximum Gasteiger partial charge on any atom is 0.265 e. The molecule has 0 aromatic carbocycles. The third-order valence-electron chi connectivity index (χ3n) is 0.982. The van der Waals surface area contributed by atoms with Gasteiger partial charge < -0.3 is 10.2 Å². The van der Waals surface area contributed by atoms with Crippen LogP contribution < -0.4 is 0 Å². The number of hydrogen-bond donors (Lipinski definition) is 3. The molecule has 0 aromatic rings. The van der Waals surface area contributed by atoms with Gasteiger partial charge >= 0.3 is 0 Å². The van der Waals surface area contributed by atoms with E-state index in [0.29, 0.717) is 0 Å². The predicted molar refractivity (Wildman–Crippen MR) is 33.8 cm³/mol. The summed E-state index contributed by atoms with van der Waals surface area (Å²) in [7, 11) is -4.09. The molecule has 0 saturated heterocycles. The lowest BCUT2D eigenvalue weighted by atomic mass is 10.2. The molecular weight excluding hydrogens is 160 g/mol. The quantitative estimate of drug-likeness (QED) is 0.366. The fourth-order valence-corrected chi connectivity index (χ4v) is 1.25. The first-order valence-electron chi connectivity index (χ1n) is 2.64. The van der Waals surface area contributed by atoms with E-state index in [-0.39, 0.29) is 0 Å². The van der Waals surface area contributed by atoms with E-state index >= 15 is 0 Å². The van der Waals surface area contributed by atoms with Gasteiger partial charge in [-0.15, -0.1) is 0 Å². The van der Waals surface area contributed by atoms with Crippen molar-refractivity contribution in [3.8, 4) is 0 Å². The number of aliphatic hydroxyl groups excluding tert-OH is 1. The van der Waals surface area contributed by atoms with Gasteiger partial charge in [-0.1, -0.05) is 6.92 Å². The molecule has 62 valence electrons. The second kappa shape index (κ2) is 3.29. The van der Waals surface area contributed by atoms with Crippen molar-refractivity contribution in [2.45, 2.75) is 13.2 Å². The first-order chi connectivity index (χ1) is 4.33. The summed E-state index contributed by atoms with van der Waals surface area (Å²) in [5, 5.41) is 16.7. The summed E-state index contributed by atoms with van der Waals surface area (Å²) >= 11 is 0. The van der Waals surface area contributed by atoms with Gasteiger partial charge in [-0.05, 0) is 0 Å². The van der Waals surface area contributed by atoms with Gasteiger partial charge in [-0.2, -0.15) is 8.42 Å². The van der Waals surface area contributed by atoms with Gasteiger partial charge in [0.25, 0.3) is 10.1 Å². The number of aliphatic hydroxyl groups is 2. The van der Waals surface area contributed by atoms with E-state index in [0.717, 1.165) is 0 Å². The highest BCUT2D eigenvalue weighted by Gasteiger charge is 2.17. The molecule has 6 heteroatoms. The van der Waals surface area contributed by atoms with Crippen LogP contribution in [0.25, 0.3) is 0 Å². The Bertz CT molecular complexity index is 182.